The van der Waals surface area contributed by atoms with Crippen molar-refractivity contribution in [3.8, 4) is 11.5 Å². The van der Waals surface area contributed by atoms with Crippen molar-refractivity contribution in [1.82, 2.24) is 0 Å². The Bertz CT molecular complexity index is 369. The topological polar surface area (TPSA) is 29.5 Å². The van der Waals surface area contributed by atoms with Crippen LogP contribution < -0.4 is 4.74 Å². The lowest BCUT2D eigenvalue weighted by atomic mass is 9.83. The number of phenols is 1. The summed E-state index contributed by atoms with van der Waals surface area (Å²) in [7, 11) is 0. The van der Waals surface area contributed by atoms with Crippen LogP contribution in [0.3, 0.4) is 0 Å². The Hall–Kier alpha value is -1.18. The predicted octanol–water partition coefficient (Wildman–Crippen LogP) is 3.22. The van der Waals surface area contributed by atoms with Gasteiger partial charge in [0.25, 0.3) is 0 Å². The van der Waals surface area contributed by atoms with Gasteiger partial charge >= 0.3 is 0 Å². The van der Waals surface area contributed by atoms with E-state index in [0.717, 1.165) is 24.3 Å². The molecule has 0 radical (unpaired) electrons. The third-order valence-corrected chi connectivity index (χ3v) is 3.22. The Labute approximate surface area is 90.9 Å². The molecule has 0 fully saturated rings. The summed E-state index contributed by atoms with van der Waals surface area (Å²) in [4.78, 5) is 0. The lowest BCUT2D eigenvalue weighted by Gasteiger charge is -2.29. The van der Waals surface area contributed by atoms with Gasteiger partial charge in [0.05, 0.1) is 6.61 Å². The molecule has 0 spiro atoms. The van der Waals surface area contributed by atoms with Crippen molar-refractivity contribution in [2.45, 2.75) is 33.1 Å². The summed E-state index contributed by atoms with van der Waals surface area (Å²) in [5, 5.41) is 9.72. The first-order valence-electron chi connectivity index (χ1n) is 5.56. The summed E-state index contributed by atoms with van der Waals surface area (Å²) >= 11 is 0. The highest BCUT2D eigenvalue weighted by Gasteiger charge is 2.25. The molecule has 0 saturated heterocycles. The molecule has 0 aromatic heterocycles. The third-order valence-electron chi connectivity index (χ3n) is 3.22. The highest BCUT2D eigenvalue weighted by atomic mass is 16.5. The molecule has 2 rings (SSSR count). The number of benzene rings is 1. The Morgan fingerprint density at radius 3 is 2.80 bits per heavy atom. The minimum atomic E-state index is 0.380. The van der Waals surface area contributed by atoms with Crippen molar-refractivity contribution in [2.24, 2.45) is 5.92 Å². The van der Waals surface area contributed by atoms with Gasteiger partial charge in [0, 0.05) is 5.56 Å². The number of fused-ring (bicyclic) bond motifs is 1. The zero-order valence-electron chi connectivity index (χ0n) is 9.58. The molecule has 2 nitrogen and oxygen atoms in total. The molecule has 1 aliphatic rings. The Balaban J connectivity index is 2.47. The largest absolute Gasteiger partial charge is 0.508 e. The quantitative estimate of drug-likeness (QED) is 0.764. The van der Waals surface area contributed by atoms with Gasteiger partial charge < -0.3 is 9.84 Å². The molecule has 0 bridgehead atoms. The SMILES string of the molecule is Cc1cc2c(cc1O)C(C(C)C)CCO2. The van der Waals surface area contributed by atoms with Gasteiger partial charge in [-0.05, 0) is 42.9 Å². The van der Waals surface area contributed by atoms with E-state index in [1.165, 1.54) is 5.56 Å². The van der Waals surface area contributed by atoms with E-state index in [2.05, 4.69) is 13.8 Å². The van der Waals surface area contributed by atoms with Gasteiger partial charge in [-0.25, -0.2) is 0 Å². The number of ether oxygens (including phenoxy) is 1. The summed E-state index contributed by atoms with van der Waals surface area (Å²) < 4.78 is 5.63. The van der Waals surface area contributed by atoms with Gasteiger partial charge in [0.15, 0.2) is 0 Å². The first kappa shape index (κ1) is 10.3. The van der Waals surface area contributed by atoms with E-state index in [4.69, 9.17) is 4.74 Å². The maximum Gasteiger partial charge on any atom is 0.123 e. The van der Waals surface area contributed by atoms with Crippen LogP contribution in [0.2, 0.25) is 0 Å². The second-order valence-corrected chi connectivity index (χ2v) is 4.66. The minimum Gasteiger partial charge on any atom is -0.508 e. The molecule has 15 heavy (non-hydrogen) atoms. The summed E-state index contributed by atoms with van der Waals surface area (Å²) in [6.45, 7) is 7.13. The molecular formula is C13H18O2. The summed E-state index contributed by atoms with van der Waals surface area (Å²) in [5.41, 5.74) is 2.05. The van der Waals surface area contributed by atoms with Gasteiger partial charge in [-0.2, -0.15) is 0 Å². The van der Waals surface area contributed by atoms with Gasteiger partial charge in [0.2, 0.25) is 0 Å². The maximum atomic E-state index is 9.72. The van der Waals surface area contributed by atoms with Gasteiger partial charge in [-0.15, -0.1) is 0 Å². The fourth-order valence-corrected chi connectivity index (χ4v) is 2.24. The van der Waals surface area contributed by atoms with Crippen molar-refractivity contribution < 1.29 is 9.84 Å². The second kappa shape index (κ2) is 3.76. The van der Waals surface area contributed by atoms with Crippen molar-refractivity contribution in [2.75, 3.05) is 6.61 Å². The standard InChI is InChI=1S/C13H18O2/c1-8(2)10-4-5-15-13-6-9(3)12(14)7-11(10)13/h6-8,10,14H,4-5H2,1-3H3. The van der Waals surface area contributed by atoms with Gasteiger partial charge in [-0.1, -0.05) is 13.8 Å². The molecule has 2 heteroatoms. The summed E-state index contributed by atoms with van der Waals surface area (Å²) in [6, 6.07) is 3.81. The van der Waals surface area contributed by atoms with Crippen LogP contribution >= 0.6 is 0 Å². The van der Waals surface area contributed by atoms with Crippen LogP contribution in [0.25, 0.3) is 0 Å². The molecule has 0 saturated carbocycles. The molecule has 82 valence electrons. The number of hydrogen-bond acceptors (Lipinski definition) is 2. The molecule has 1 aromatic rings. The van der Waals surface area contributed by atoms with Crippen LogP contribution in [0.1, 0.15) is 37.3 Å². The van der Waals surface area contributed by atoms with Crippen LogP contribution in [0, 0.1) is 12.8 Å². The lowest BCUT2D eigenvalue weighted by molar-refractivity contribution is 0.246. The van der Waals surface area contributed by atoms with Crippen molar-refractivity contribution in [3.63, 3.8) is 0 Å². The number of rotatable bonds is 1. The van der Waals surface area contributed by atoms with E-state index < -0.39 is 0 Å². The molecule has 1 unspecified atom stereocenters. The Morgan fingerprint density at radius 1 is 1.40 bits per heavy atom. The number of hydrogen-bond donors (Lipinski definition) is 1. The molecule has 1 heterocycles. The smallest absolute Gasteiger partial charge is 0.123 e. The maximum absolute atomic E-state index is 9.72. The van der Waals surface area contributed by atoms with Crippen LogP contribution in [0.5, 0.6) is 11.5 Å². The molecule has 0 amide bonds. The monoisotopic (exact) mass is 206 g/mol. The van der Waals surface area contributed by atoms with Crippen LogP contribution in [-0.4, -0.2) is 11.7 Å². The number of aryl methyl sites for hydroxylation is 1. The highest BCUT2D eigenvalue weighted by Crippen LogP contribution is 2.41. The highest BCUT2D eigenvalue weighted by molar-refractivity contribution is 5.47. The third kappa shape index (κ3) is 1.81. The van der Waals surface area contributed by atoms with Gasteiger partial charge in [0.1, 0.15) is 11.5 Å². The first-order valence-corrected chi connectivity index (χ1v) is 5.56. The molecule has 1 aromatic carbocycles. The first-order chi connectivity index (χ1) is 7.09. The molecule has 1 aliphatic heterocycles. The fraction of sp³-hybridized carbons (Fsp3) is 0.538. The van der Waals surface area contributed by atoms with Crippen LogP contribution in [-0.2, 0) is 0 Å². The predicted molar refractivity (Wildman–Crippen MR) is 60.5 cm³/mol. The van der Waals surface area contributed by atoms with E-state index in [0.29, 0.717) is 17.6 Å². The number of aromatic hydroxyl groups is 1. The molecule has 0 aliphatic carbocycles. The van der Waals surface area contributed by atoms with Crippen LogP contribution in [0.15, 0.2) is 12.1 Å². The van der Waals surface area contributed by atoms with Crippen molar-refractivity contribution in [1.29, 1.82) is 0 Å². The van der Waals surface area contributed by atoms with E-state index in [-0.39, 0.29) is 0 Å². The van der Waals surface area contributed by atoms with Gasteiger partial charge in [-0.3, -0.25) is 0 Å². The van der Waals surface area contributed by atoms with E-state index >= 15 is 0 Å². The Kier molecular flexibility index (Phi) is 2.59. The lowest BCUT2D eigenvalue weighted by Crippen LogP contribution is -2.18. The zero-order chi connectivity index (χ0) is 11.0. The average Bonchev–Trinajstić information content (AvgIpc) is 2.18. The van der Waals surface area contributed by atoms with Crippen LogP contribution in [0.4, 0.5) is 0 Å². The summed E-state index contributed by atoms with van der Waals surface area (Å²) in [6.07, 6.45) is 1.05. The van der Waals surface area contributed by atoms with Crippen molar-refractivity contribution in [3.05, 3.63) is 23.3 Å². The fourth-order valence-electron chi connectivity index (χ4n) is 2.24. The van der Waals surface area contributed by atoms with E-state index in [9.17, 15) is 5.11 Å². The second-order valence-electron chi connectivity index (χ2n) is 4.66. The van der Waals surface area contributed by atoms with E-state index in [1.807, 2.05) is 19.1 Å². The minimum absolute atomic E-state index is 0.380. The summed E-state index contributed by atoms with van der Waals surface area (Å²) in [5.74, 6) is 2.44. The average molecular weight is 206 g/mol. The molecular weight excluding hydrogens is 188 g/mol. The van der Waals surface area contributed by atoms with E-state index in [1.54, 1.807) is 0 Å². The normalized spacial score (nSPS) is 19.9. The molecule has 1 N–H and O–H groups in total. The Morgan fingerprint density at radius 2 is 2.13 bits per heavy atom. The molecule has 1 atom stereocenters. The van der Waals surface area contributed by atoms with Crippen molar-refractivity contribution >= 4 is 0 Å². The zero-order valence-corrected chi connectivity index (χ0v) is 9.58. The number of phenolic OH excluding ortho intramolecular Hbond substituents is 1.